The maximum atomic E-state index is 11.3. The van der Waals surface area contributed by atoms with E-state index in [0.29, 0.717) is 11.3 Å². The van der Waals surface area contributed by atoms with Crippen LogP contribution in [0.2, 0.25) is 0 Å². The topological polar surface area (TPSA) is 80.8 Å². The number of esters is 1. The van der Waals surface area contributed by atoms with E-state index >= 15 is 0 Å². The number of aromatic nitrogens is 3. The van der Waals surface area contributed by atoms with Gasteiger partial charge in [0.2, 0.25) is 0 Å². The number of carbonyl (C=O) groups is 1. The molecule has 1 heterocycles. The molecule has 6 heteroatoms. The number of methoxy groups -OCH3 is 1. The van der Waals surface area contributed by atoms with Crippen LogP contribution in [0.25, 0.3) is 5.69 Å². The molecule has 6 nitrogen and oxygen atoms in total. The van der Waals surface area contributed by atoms with Gasteiger partial charge in [-0.25, -0.2) is 14.5 Å². The smallest absolute Gasteiger partial charge is 0.377 e. The molecular weight excluding hydrogens is 232 g/mol. The minimum atomic E-state index is -0.610. The zero-order chi connectivity index (χ0) is 13.1. The molecule has 0 unspecified atom stereocenters. The number of aryl methyl sites for hydroxylation is 1. The van der Waals surface area contributed by atoms with Crippen molar-refractivity contribution in [2.75, 3.05) is 7.11 Å². The second kappa shape index (κ2) is 4.67. The molecule has 90 valence electrons. The van der Waals surface area contributed by atoms with Gasteiger partial charge in [-0.3, -0.25) is 0 Å². The van der Waals surface area contributed by atoms with Gasteiger partial charge in [0, 0.05) is 0 Å². The lowest BCUT2D eigenvalue weighted by molar-refractivity contribution is 0.0587. The van der Waals surface area contributed by atoms with Crippen molar-refractivity contribution in [1.82, 2.24) is 14.8 Å². The van der Waals surface area contributed by atoms with E-state index < -0.39 is 5.97 Å². The largest absolute Gasteiger partial charge is 0.463 e. The fourth-order valence-electron chi connectivity index (χ4n) is 1.61. The quantitative estimate of drug-likeness (QED) is 0.740. The molecule has 1 aromatic carbocycles. The predicted molar refractivity (Wildman–Crippen MR) is 62.2 cm³/mol. The Morgan fingerprint density at radius 1 is 1.50 bits per heavy atom. The molecule has 18 heavy (non-hydrogen) atoms. The second-order valence-corrected chi connectivity index (χ2v) is 3.59. The molecule has 0 spiro atoms. The highest BCUT2D eigenvalue weighted by Crippen LogP contribution is 2.17. The molecule has 1 aromatic heterocycles. The molecule has 0 aliphatic heterocycles. The van der Waals surface area contributed by atoms with Gasteiger partial charge < -0.3 is 4.74 Å². The number of carbonyl (C=O) groups excluding carboxylic acids is 1. The third-order valence-electron chi connectivity index (χ3n) is 2.45. The number of benzene rings is 1. The standard InChI is InChI=1S/C12H10N4O2/c1-8-4-3-5-9(6-13)10(8)16-7-14-11(15-16)12(17)18-2/h3-5,7H,1-2H3. The zero-order valence-corrected chi connectivity index (χ0v) is 9.91. The van der Waals surface area contributed by atoms with Gasteiger partial charge in [0.25, 0.3) is 5.82 Å². The third-order valence-corrected chi connectivity index (χ3v) is 2.45. The maximum absolute atomic E-state index is 11.3. The van der Waals surface area contributed by atoms with Crippen LogP contribution in [0.5, 0.6) is 0 Å². The van der Waals surface area contributed by atoms with Gasteiger partial charge in [-0.1, -0.05) is 12.1 Å². The van der Waals surface area contributed by atoms with Crippen molar-refractivity contribution in [3.8, 4) is 11.8 Å². The molecule has 2 rings (SSSR count). The molecule has 0 amide bonds. The molecule has 0 saturated carbocycles. The van der Waals surface area contributed by atoms with Crippen LogP contribution in [0, 0.1) is 18.3 Å². The van der Waals surface area contributed by atoms with Crippen LogP contribution in [0.1, 0.15) is 21.7 Å². The summed E-state index contributed by atoms with van der Waals surface area (Å²) in [5.74, 6) is -0.648. The Morgan fingerprint density at radius 3 is 2.94 bits per heavy atom. The Balaban J connectivity index is 2.53. The van der Waals surface area contributed by atoms with Crippen molar-refractivity contribution in [3.63, 3.8) is 0 Å². The third kappa shape index (κ3) is 1.94. The normalized spacial score (nSPS) is 9.83. The second-order valence-electron chi connectivity index (χ2n) is 3.59. The fraction of sp³-hybridized carbons (Fsp3) is 0.167. The Labute approximate surface area is 103 Å². The zero-order valence-electron chi connectivity index (χ0n) is 9.91. The Morgan fingerprint density at radius 2 is 2.28 bits per heavy atom. The van der Waals surface area contributed by atoms with Crippen molar-refractivity contribution >= 4 is 5.97 Å². The SMILES string of the molecule is COC(=O)c1ncn(-c2c(C)cccc2C#N)n1. The van der Waals surface area contributed by atoms with E-state index in [1.807, 2.05) is 13.0 Å². The van der Waals surface area contributed by atoms with Crippen molar-refractivity contribution < 1.29 is 9.53 Å². The first-order valence-electron chi connectivity index (χ1n) is 5.17. The van der Waals surface area contributed by atoms with Crippen LogP contribution in [0.3, 0.4) is 0 Å². The van der Waals surface area contributed by atoms with Crippen LogP contribution >= 0.6 is 0 Å². The molecule has 0 bridgehead atoms. The molecule has 0 radical (unpaired) electrons. The Bertz CT molecular complexity index is 640. The van der Waals surface area contributed by atoms with E-state index in [0.717, 1.165) is 5.56 Å². The van der Waals surface area contributed by atoms with Crippen LogP contribution < -0.4 is 0 Å². The highest BCUT2D eigenvalue weighted by Gasteiger charge is 2.14. The van der Waals surface area contributed by atoms with Gasteiger partial charge in [0.15, 0.2) is 0 Å². The average molecular weight is 242 g/mol. The molecule has 0 aliphatic carbocycles. The van der Waals surface area contributed by atoms with Crippen molar-refractivity contribution in [2.24, 2.45) is 0 Å². The number of nitrogens with zero attached hydrogens (tertiary/aromatic N) is 4. The van der Waals surface area contributed by atoms with Crippen LogP contribution in [-0.2, 0) is 4.74 Å². The minimum absolute atomic E-state index is 0.0374. The predicted octanol–water partition coefficient (Wildman–Crippen LogP) is 1.23. The average Bonchev–Trinajstić information content (AvgIpc) is 2.86. The first-order valence-corrected chi connectivity index (χ1v) is 5.17. The highest BCUT2D eigenvalue weighted by atomic mass is 16.5. The van der Waals surface area contributed by atoms with Crippen LogP contribution in [-0.4, -0.2) is 27.8 Å². The van der Waals surface area contributed by atoms with Gasteiger partial charge in [0.1, 0.15) is 12.4 Å². The van der Waals surface area contributed by atoms with E-state index in [1.54, 1.807) is 12.1 Å². The fourth-order valence-corrected chi connectivity index (χ4v) is 1.61. The van der Waals surface area contributed by atoms with E-state index in [-0.39, 0.29) is 5.82 Å². The monoisotopic (exact) mass is 242 g/mol. The lowest BCUT2D eigenvalue weighted by atomic mass is 10.1. The number of hydrogen-bond acceptors (Lipinski definition) is 5. The Hall–Kier alpha value is -2.68. The first-order chi connectivity index (χ1) is 8.67. The van der Waals surface area contributed by atoms with Crippen molar-refractivity contribution in [3.05, 3.63) is 41.5 Å². The number of nitriles is 1. The van der Waals surface area contributed by atoms with E-state index in [4.69, 9.17) is 5.26 Å². The van der Waals surface area contributed by atoms with Gasteiger partial charge in [-0.2, -0.15) is 5.26 Å². The molecule has 0 saturated heterocycles. The summed E-state index contributed by atoms with van der Waals surface area (Å²) in [6.45, 7) is 1.86. The summed E-state index contributed by atoms with van der Waals surface area (Å²) in [7, 11) is 1.26. The van der Waals surface area contributed by atoms with E-state index in [9.17, 15) is 4.79 Å². The summed E-state index contributed by atoms with van der Waals surface area (Å²) < 4.78 is 5.93. The van der Waals surface area contributed by atoms with Gasteiger partial charge >= 0.3 is 5.97 Å². The lowest BCUT2D eigenvalue weighted by Gasteiger charge is -2.06. The van der Waals surface area contributed by atoms with Crippen molar-refractivity contribution in [1.29, 1.82) is 5.26 Å². The number of para-hydroxylation sites is 1. The summed E-state index contributed by atoms with van der Waals surface area (Å²) >= 11 is 0. The van der Waals surface area contributed by atoms with Crippen LogP contribution in [0.15, 0.2) is 24.5 Å². The number of rotatable bonds is 2. The first kappa shape index (κ1) is 11.8. The lowest BCUT2D eigenvalue weighted by Crippen LogP contribution is -2.06. The van der Waals surface area contributed by atoms with E-state index in [1.165, 1.54) is 18.1 Å². The van der Waals surface area contributed by atoms with E-state index in [2.05, 4.69) is 20.9 Å². The van der Waals surface area contributed by atoms with Gasteiger partial charge in [-0.05, 0) is 18.6 Å². The summed E-state index contributed by atoms with van der Waals surface area (Å²) in [4.78, 5) is 15.1. The molecule has 0 fully saturated rings. The molecule has 2 aromatic rings. The summed E-state index contributed by atoms with van der Waals surface area (Å²) in [5, 5.41) is 13.1. The van der Waals surface area contributed by atoms with Crippen molar-refractivity contribution in [2.45, 2.75) is 6.92 Å². The number of hydrogen-bond donors (Lipinski definition) is 0. The van der Waals surface area contributed by atoms with Gasteiger partial charge in [0.05, 0.1) is 18.4 Å². The molecular formula is C12H10N4O2. The summed E-state index contributed by atoms with van der Waals surface area (Å²) in [6, 6.07) is 7.41. The van der Waals surface area contributed by atoms with Crippen LogP contribution in [0.4, 0.5) is 0 Å². The summed E-state index contributed by atoms with van der Waals surface area (Å²) in [5.41, 5.74) is 1.95. The minimum Gasteiger partial charge on any atom is -0.463 e. The molecule has 0 atom stereocenters. The highest BCUT2D eigenvalue weighted by molar-refractivity contribution is 5.84. The molecule has 0 aliphatic rings. The Kier molecular flexibility index (Phi) is 3.06. The van der Waals surface area contributed by atoms with Gasteiger partial charge in [-0.15, -0.1) is 5.10 Å². The molecule has 0 N–H and O–H groups in total. The number of ether oxygens (including phenoxy) is 1. The maximum Gasteiger partial charge on any atom is 0.377 e. The summed E-state index contributed by atoms with van der Waals surface area (Å²) in [6.07, 6.45) is 1.38.